The lowest BCUT2D eigenvalue weighted by molar-refractivity contribution is -0.130. The quantitative estimate of drug-likeness (QED) is 0.596. The van der Waals surface area contributed by atoms with E-state index in [4.69, 9.17) is 0 Å². The van der Waals surface area contributed by atoms with E-state index in [-0.39, 0.29) is 42.4 Å². The van der Waals surface area contributed by atoms with Gasteiger partial charge < -0.3 is 15.5 Å². The summed E-state index contributed by atoms with van der Waals surface area (Å²) in [7, 11) is 0. The molecule has 0 aliphatic carbocycles. The van der Waals surface area contributed by atoms with E-state index >= 15 is 0 Å². The van der Waals surface area contributed by atoms with Gasteiger partial charge in [0.15, 0.2) is 0 Å². The molecule has 0 fully saturated rings. The second kappa shape index (κ2) is 12.4. The topological polar surface area (TPSA) is 99.5 Å². The summed E-state index contributed by atoms with van der Waals surface area (Å²) >= 11 is 1.58. The van der Waals surface area contributed by atoms with Crippen LogP contribution in [0.3, 0.4) is 0 Å². The largest absolute Gasteiger partial charge is 0.392 e. The van der Waals surface area contributed by atoms with Gasteiger partial charge in [-0.25, -0.2) is 4.98 Å². The van der Waals surface area contributed by atoms with Crippen LogP contribution < -0.4 is 5.32 Å². The third kappa shape index (κ3) is 8.32. The molecule has 1 aromatic rings. The van der Waals surface area contributed by atoms with Crippen LogP contribution in [-0.2, 0) is 9.59 Å². The maximum Gasteiger partial charge on any atom is 0.223 e. The van der Waals surface area contributed by atoms with Gasteiger partial charge in [-0.1, -0.05) is 44.6 Å². The van der Waals surface area contributed by atoms with E-state index < -0.39 is 18.1 Å². The first-order chi connectivity index (χ1) is 15.5. The van der Waals surface area contributed by atoms with Crippen molar-refractivity contribution in [2.75, 3.05) is 0 Å². The summed E-state index contributed by atoms with van der Waals surface area (Å²) in [6.07, 6.45) is 6.55. The Balaban J connectivity index is 2.35. The van der Waals surface area contributed by atoms with Crippen LogP contribution in [0.2, 0.25) is 0 Å². The summed E-state index contributed by atoms with van der Waals surface area (Å²) < 4.78 is 0. The molecule has 7 heteroatoms. The van der Waals surface area contributed by atoms with Gasteiger partial charge in [0.05, 0.1) is 35.4 Å². The van der Waals surface area contributed by atoms with Gasteiger partial charge in [-0.05, 0) is 50.7 Å². The number of carbonyl (C=O) groups excluding carboxylic acids is 2. The summed E-state index contributed by atoms with van der Waals surface area (Å²) in [5, 5.41) is 27.0. The monoisotopic (exact) mass is 474 g/mol. The molecule has 6 atom stereocenters. The number of rotatable bonds is 2. The van der Waals surface area contributed by atoms with Crippen LogP contribution in [-0.4, -0.2) is 45.1 Å². The Morgan fingerprint density at radius 2 is 1.88 bits per heavy atom. The first kappa shape index (κ1) is 27.2. The molecule has 1 aliphatic heterocycles. The van der Waals surface area contributed by atoms with Gasteiger partial charge in [0.1, 0.15) is 5.78 Å². The standard InChI is InChI=1S/C26H38N2O4S/c1-15-8-7-9-16(2)26(32)19(5)23(30)12-22(29)13-24(31)28-25(17(3)10-15)18(4)11-21-14-33-20(6)27-21/h7-8,10-11,14,16-17,19,22,25-26,29,32H,9,12-13H2,1-6H3,(H,28,31)/t16-,17-,19-,22+,25-,26-/m0/s1. The minimum absolute atomic E-state index is 0.00991. The van der Waals surface area contributed by atoms with Crippen molar-refractivity contribution in [1.29, 1.82) is 0 Å². The van der Waals surface area contributed by atoms with Gasteiger partial charge >= 0.3 is 0 Å². The Kier molecular flexibility index (Phi) is 10.2. The predicted molar refractivity (Wildman–Crippen MR) is 134 cm³/mol. The number of hydrogen-bond donors (Lipinski definition) is 3. The minimum atomic E-state index is -1.09. The first-order valence-electron chi connectivity index (χ1n) is 11.6. The van der Waals surface area contributed by atoms with Crippen molar-refractivity contribution >= 4 is 29.1 Å². The fraction of sp³-hybridized carbons (Fsp3) is 0.577. The molecule has 0 aromatic carbocycles. The molecule has 1 amide bonds. The van der Waals surface area contributed by atoms with Crippen molar-refractivity contribution in [2.45, 2.75) is 79.1 Å². The molecule has 0 saturated carbocycles. The van der Waals surface area contributed by atoms with Crippen molar-refractivity contribution in [3.8, 4) is 0 Å². The normalized spacial score (nSPS) is 31.3. The number of thiazole rings is 1. The van der Waals surface area contributed by atoms with Crippen molar-refractivity contribution < 1.29 is 19.8 Å². The second-order valence-corrected chi connectivity index (χ2v) is 10.5. The lowest BCUT2D eigenvalue weighted by Crippen LogP contribution is -2.41. The average molecular weight is 475 g/mol. The average Bonchev–Trinajstić information content (AvgIpc) is 3.14. The van der Waals surface area contributed by atoms with Gasteiger partial charge in [0.25, 0.3) is 0 Å². The second-order valence-electron chi connectivity index (χ2n) is 9.42. The highest BCUT2D eigenvalue weighted by molar-refractivity contribution is 7.09. The van der Waals surface area contributed by atoms with E-state index in [0.29, 0.717) is 6.42 Å². The van der Waals surface area contributed by atoms with Crippen LogP contribution in [0.4, 0.5) is 0 Å². The summed E-state index contributed by atoms with van der Waals surface area (Å²) in [6, 6.07) is -0.279. The van der Waals surface area contributed by atoms with Crippen molar-refractivity contribution in [3.63, 3.8) is 0 Å². The predicted octanol–water partition coefficient (Wildman–Crippen LogP) is 4.23. The zero-order valence-electron chi connectivity index (χ0n) is 20.5. The van der Waals surface area contributed by atoms with Crippen LogP contribution >= 0.6 is 11.3 Å². The maximum atomic E-state index is 12.8. The van der Waals surface area contributed by atoms with Crippen molar-refractivity contribution in [2.24, 2.45) is 17.8 Å². The SMILES string of the molecule is CC1=C[C@H](C)[C@@H](C(C)=Cc2csc(C)n2)NC(=O)C[C@H](O)CC(=O)[C@H](C)[C@@H](O)[C@@H](C)CC=C1. The molecule has 0 bridgehead atoms. The molecule has 0 spiro atoms. The lowest BCUT2D eigenvalue weighted by atomic mass is 9.86. The maximum absolute atomic E-state index is 12.8. The Morgan fingerprint density at radius 1 is 1.18 bits per heavy atom. The number of carbonyl (C=O) groups is 2. The first-order valence-corrected chi connectivity index (χ1v) is 12.5. The zero-order valence-corrected chi connectivity index (χ0v) is 21.4. The van der Waals surface area contributed by atoms with E-state index in [1.165, 1.54) is 0 Å². The number of aliphatic hydroxyl groups excluding tert-OH is 2. The highest BCUT2D eigenvalue weighted by Crippen LogP contribution is 2.23. The Hall–Kier alpha value is -2.09. The Morgan fingerprint density at radius 3 is 2.52 bits per heavy atom. The molecule has 33 heavy (non-hydrogen) atoms. The lowest BCUT2D eigenvalue weighted by Gasteiger charge is -2.26. The molecule has 182 valence electrons. The third-order valence-corrected chi connectivity index (χ3v) is 7.01. The molecule has 2 rings (SSSR count). The van der Waals surface area contributed by atoms with Gasteiger partial charge in [-0.3, -0.25) is 9.59 Å². The Bertz CT molecular complexity index is 917. The molecule has 0 unspecified atom stereocenters. The number of nitrogens with zero attached hydrogens (tertiary/aromatic N) is 1. The van der Waals surface area contributed by atoms with Crippen LogP contribution in [0.25, 0.3) is 6.08 Å². The van der Waals surface area contributed by atoms with E-state index in [1.54, 1.807) is 18.3 Å². The highest BCUT2D eigenvalue weighted by atomic mass is 32.1. The fourth-order valence-corrected chi connectivity index (χ4v) is 4.79. The van der Waals surface area contributed by atoms with E-state index in [9.17, 15) is 19.8 Å². The fourth-order valence-electron chi connectivity index (χ4n) is 4.22. The summed E-state index contributed by atoms with van der Waals surface area (Å²) in [6.45, 7) is 11.6. The number of aromatic nitrogens is 1. The van der Waals surface area contributed by atoms with E-state index in [2.05, 4.69) is 16.4 Å². The van der Waals surface area contributed by atoms with Gasteiger partial charge in [0.2, 0.25) is 5.91 Å². The number of aliphatic hydroxyl groups is 2. The molecule has 0 radical (unpaired) electrons. The van der Waals surface area contributed by atoms with Crippen molar-refractivity contribution in [3.05, 3.63) is 45.5 Å². The number of aryl methyl sites for hydroxylation is 1. The Labute approximate surface area is 201 Å². The van der Waals surface area contributed by atoms with Crippen LogP contribution in [0.1, 0.15) is 64.6 Å². The third-order valence-electron chi connectivity index (χ3n) is 6.22. The van der Waals surface area contributed by atoms with Gasteiger partial charge in [0, 0.05) is 17.7 Å². The molecular weight excluding hydrogens is 436 g/mol. The van der Waals surface area contributed by atoms with Crippen molar-refractivity contribution in [1.82, 2.24) is 10.3 Å². The van der Waals surface area contributed by atoms with Crippen LogP contribution in [0.15, 0.2) is 34.8 Å². The van der Waals surface area contributed by atoms with Crippen LogP contribution in [0.5, 0.6) is 0 Å². The van der Waals surface area contributed by atoms with E-state index in [0.717, 1.165) is 21.8 Å². The highest BCUT2D eigenvalue weighted by Gasteiger charge is 2.29. The number of hydrogen-bond acceptors (Lipinski definition) is 6. The zero-order chi connectivity index (χ0) is 24.7. The van der Waals surface area contributed by atoms with Gasteiger partial charge in [-0.2, -0.15) is 0 Å². The molecule has 1 aliphatic rings. The number of amides is 1. The number of ketones is 1. The van der Waals surface area contributed by atoms with Gasteiger partial charge in [-0.15, -0.1) is 11.3 Å². The number of allylic oxidation sites excluding steroid dienone is 3. The summed E-state index contributed by atoms with van der Waals surface area (Å²) in [5.74, 6) is -1.26. The molecular formula is C26H38N2O4S. The molecule has 1 aromatic heterocycles. The molecule has 6 nitrogen and oxygen atoms in total. The smallest absolute Gasteiger partial charge is 0.223 e. The van der Waals surface area contributed by atoms with Crippen LogP contribution in [0, 0.1) is 24.7 Å². The molecule has 3 N–H and O–H groups in total. The number of Topliss-reactive ketones (excluding diaryl/α,β-unsaturated/α-hetero) is 1. The summed E-state index contributed by atoms with van der Waals surface area (Å²) in [5.41, 5.74) is 2.87. The molecule has 2 heterocycles. The summed E-state index contributed by atoms with van der Waals surface area (Å²) in [4.78, 5) is 29.8. The number of nitrogens with one attached hydrogen (secondary N) is 1. The van der Waals surface area contributed by atoms with E-state index in [1.807, 2.05) is 58.2 Å². The minimum Gasteiger partial charge on any atom is -0.392 e. The molecule has 0 saturated heterocycles.